The molecule has 0 spiro atoms. The zero-order chi connectivity index (χ0) is 14.8. The Kier molecular flexibility index (Phi) is 8.82. The van der Waals surface area contributed by atoms with E-state index in [2.05, 4.69) is 5.32 Å². The van der Waals surface area contributed by atoms with E-state index in [0.29, 0.717) is 32.9 Å². The summed E-state index contributed by atoms with van der Waals surface area (Å²) in [5, 5.41) is 13.6. The van der Waals surface area contributed by atoms with Gasteiger partial charge < -0.3 is 19.9 Å². The van der Waals surface area contributed by atoms with E-state index in [1.807, 2.05) is 38.1 Å². The van der Waals surface area contributed by atoms with E-state index in [-0.39, 0.29) is 6.10 Å². The van der Waals surface area contributed by atoms with E-state index in [4.69, 9.17) is 21.1 Å². The highest BCUT2D eigenvalue weighted by atomic mass is 35.5. The molecule has 1 atom stereocenters. The minimum absolute atomic E-state index is 0.213. The lowest BCUT2D eigenvalue weighted by Gasteiger charge is -2.13. The molecule has 0 saturated heterocycles. The third kappa shape index (κ3) is 8.51. The number of aliphatic hydroxyl groups excluding tert-OH is 1. The fraction of sp³-hybridized carbons (Fsp3) is 0.600. The number of hydrogen-bond donors (Lipinski definition) is 2. The fourth-order valence-corrected chi connectivity index (χ4v) is 1.73. The molecule has 0 aliphatic heterocycles. The summed E-state index contributed by atoms with van der Waals surface area (Å²) < 4.78 is 10.7. The van der Waals surface area contributed by atoms with E-state index >= 15 is 0 Å². The molecule has 0 radical (unpaired) electrons. The summed E-state index contributed by atoms with van der Waals surface area (Å²) in [5.41, 5.74) is 1.13. The number of hydrogen-bond acceptors (Lipinski definition) is 4. The highest BCUT2D eigenvalue weighted by Gasteiger charge is 2.04. The molecule has 0 aliphatic rings. The number of nitrogens with one attached hydrogen (secondary N) is 1. The Morgan fingerprint density at radius 1 is 1.20 bits per heavy atom. The Morgan fingerprint density at radius 2 is 1.90 bits per heavy atom. The molecule has 20 heavy (non-hydrogen) atoms. The fourth-order valence-electron chi connectivity index (χ4n) is 1.61. The van der Waals surface area contributed by atoms with Crippen molar-refractivity contribution in [2.24, 2.45) is 0 Å². The van der Waals surface area contributed by atoms with Crippen LogP contribution < -0.4 is 5.32 Å². The zero-order valence-electron chi connectivity index (χ0n) is 12.1. The summed E-state index contributed by atoms with van der Waals surface area (Å²) >= 11 is 5.81. The first-order chi connectivity index (χ1) is 9.58. The van der Waals surface area contributed by atoms with Gasteiger partial charge in [0.1, 0.15) is 0 Å². The van der Waals surface area contributed by atoms with Gasteiger partial charge in [-0.3, -0.25) is 0 Å². The Labute approximate surface area is 126 Å². The molecule has 114 valence electrons. The van der Waals surface area contributed by atoms with Gasteiger partial charge >= 0.3 is 0 Å². The van der Waals surface area contributed by atoms with Crippen LogP contribution in [0, 0.1) is 0 Å². The maximum atomic E-state index is 9.73. The molecule has 0 aromatic heterocycles. The predicted octanol–water partition coefficient (Wildman–Crippen LogP) is 2.23. The maximum absolute atomic E-state index is 9.73. The maximum Gasteiger partial charge on any atom is 0.0897 e. The SMILES string of the molecule is CC(C)OCCOCC(O)CNCc1ccc(Cl)cc1. The molecule has 4 nitrogen and oxygen atoms in total. The van der Waals surface area contributed by atoms with Gasteiger partial charge in [-0.15, -0.1) is 0 Å². The quantitative estimate of drug-likeness (QED) is 0.651. The van der Waals surface area contributed by atoms with Crippen molar-refractivity contribution in [3.05, 3.63) is 34.9 Å². The van der Waals surface area contributed by atoms with Crippen molar-refractivity contribution in [3.8, 4) is 0 Å². The Bertz CT molecular complexity index is 357. The van der Waals surface area contributed by atoms with Crippen molar-refractivity contribution in [1.82, 2.24) is 5.32 Å². The molecule has 0 amide bonds. The summed E-state index contributed by atoms with van der Waals surface area (Å²) in [6.45, 7) is 6.54. The van der Waals surface area contributed by atoms with Crippen molar-refractivity contribution in [1.29, 1.82) is 0 Å². The molecule has 1 aromatic rings. The average molecular weight is 302 g/mol. The van der Waals surface area contributed by atoms with Gasteiger partial charge in [-0.2, -0.15) is 0 Å². The molecule has 1 rings (SSSR count). The van der Waals surface area contributed by atoms with Crippen molar-refractivity contribution in [3.63, 3.8) is 0 Å². The number of aliphatic hydroxyl groups is 1. The van der Waals surface area contributed by atoms with Crippen LogP contribution in [0.1, 0.15) is 19.4 Å². The molecule has 0 saturated carbocycles. The summed E-state index contributed by atoms with van der Waals surface area (Å²) in [7, 11) is 0. The molecule has 5 heteroatoms. The van der Waals surface area contributed by atoms with Gasteiger partial charge in [0.05, 0.1) is 32.0 Å². The van der Waals surface area contributed by atoms with E-state index in [1.165, 1.54) is 0 Å². The van der Waals surface area contributed by atoms with Crippen LogP contribution in [0.25, 0.3) is 0 Å². The van der Waals surface area contributed by atoms with Crippen molar-refractivity contribution in [2.75, 3.05) is 26.4 Å². The lowest BCUT2D eigenvalue weighted by atomic mass is 10.2. The lowest BCUT2D eigenvalue weighted by Crippen LogP contribution is -2.30. The monoisotopic (exact) mass is 301 g/mol. The Morgan fingerprint density at radius 3 is 2.55 bits per heavy atom. The van der Waals surface area contributed by atoms with Crippen LogP contribution in [-0.4, -0.2) is 43.7 Å². The van der Waals surface area contributed by atoms with Crippen LogP contribution in [0.4, 0.5) is 0 Å². The summed E-state index contributed by atoms with van der Waals surface area (Å²) in [4.78, 5) is 0. The van der Waals surface area contributed by atoms with Crippen LogP contribution in [0.3, 0.4) is 0 Å². The van der Waals surface area contributed by atoms with Gasteiger partial charge in [0.2, 0.25) is 0 Å². The number of ether oxygens (including phenoxy) is 2. The topological polar surface area (TPSA) is 50.7 Å². The number of benzene rings is 1. The zero-order valence-corrected chi connectivity index (χ0v) is 12.9. The summed E-state index contributed by atoms with van der Waals surface area (Å²) in [6.07, 6.45) is -0.300. The van der Waals surface area contributed by atoms with Gasteiger partial charge in [-0.1, -0.05) is 23.7 Å². The van der Waals surface area contributed by atoms with E-state index in [0.717, 1.165) is 10.6 Å². The number of rotatable bonds is 10. The molecular formula is C15H24ClNO3. The molecule has 1 aromatic carbocycles. The molecule has 0 aliphatic carbocycles. The first-order valence-electron chi connectivity index (χ1n) is 6.90. The highest BCUT2D eigenvalue weighted by Crippen LogP contribution is 2.08. The minimum Gasteiger partial charge on any atom is -0.389 e. The molecule has 0 heterocycles. The smallest absolute Gasteiger partial charge is 0.0897 e. The Hall–Kier alpha value is -0.650. The van der Waals surface area contributed by atoms with Gasteiger partial charge in [-0.25, -0.2) is 0 Å². The second kappa shape index (κ2) is 10.1. The second-order valence-corrected chi connectivity index (χ2v) is 5.34. The van der Waals surface area contributed by atoms with E-state index in [1.54, 1.807) is 0 Å². The Balaban J connectivity index is 2.02. The first-order valence-corrected chi connectivity index (χ1v) is 7.28. The predicted molar refractivity (Wildman–Crippen MR) is 81.1 cm³/mol. The van der Waals surface area contributed by atoms with Crippen molar-refractivity contribution >= 4 is 11.6 Å². The largest absolute Gasteiger partial charge is 0.389 e. The number of halogens is 1. The summed E-state index contributed by atoms with van der Waals surface area (Å²) in [5.74, 6) is 0. The van der Waals surface area contributed by atoms with Crippen LogP contribution in [0.5, 0.6) is 0 Å². The van der Waals surface area contributed by atoms with Gasteiger partial charge in [-0.05, 0) is 31.5 Å². The van der Waals surface area contributed by atoms with E-state index in [9.17, 15) is 5.11 Å². The molecule has 2 N–H and O–H groups in total. The van der Waals surface area contributed by atoms with Crippen LogP contribution >= 0.6 is 11.6 Å². The van der Waals surface area contributed by atoms with Crippen molar-refractivity contribution in [2.45, 2.75) is 32.6 Å². The molecular weight excluding hydrogens is 278 g/mol. The normalized spacial score (nSPS) is 12.8. The van der Waals surface area contributed by atoms with Gasteiger partial charge in [0, 0.05) is 18.1 Å². The van der Waals surface area contributed by atoms with Crippen LogP contribution in [0.15, 0.2) is 24.3 Å². The third-order valence-electron chi connectivity index (χ3n) is 2.61. The van der Waals surface area contributed by atoms with Crippen molar-refractivity contribution < 1.29 is 14.6 Å². The standard InChI is InChI=1S/C15H24ClNO3/c1-12(2)20-8-7-19-11-15(18)10-17-9-13-3-5-14(16)6-4-13/h3-6,12,15,17-18H,7-11H2,1-2H3. The highest BCUT2D eigenvalue weighted by molar-refractivity contribution is 6.30. The van der Waals surface area contributed by atoms with E-state index < -0.39 is 6.10 Å². The van der Waals surface area contributed by atoms with Gasteiger partial charge in [0.15, 0.2) is 0 Å². The summed E-state index contributed by atoms with van der Waals surface area (Å²) in [6, 6.07) is 7.63. The second-order valence-electron chi connectivity index (χ2n) is 4.91. The lowest BCUT2D eigenvalue weighted by molar-refractivity contribution is -0.0100. The third-order valence-corrected chi connectivity index (χ3v) is 2.86. The average Bonchev–Trinajstić information content (AvgIpc) is 2.40. The first kappa shape index (κ1) is 17.4. The minimum atomic E-state index is -0.513. The van der Waals surface area contributed by atoms with Crippen LogP contribution in [0.2, 0.25) is 5.02 Å². The van der Waals surface area contributed by atoms with Gasteiger partial charge in [0.25, 0.3) is 0 Å². The molecule has 0 fully saturated rings. The molecule has 0 bridgehead atoms. The van der Waals surface area contributed by atoms with Crippen LogP contribution in [-0.2, 0) is 16.0 Å². The molecule has 1 unspecified atom stereocenters.